The summed E-state index contributed by atoms with van der Waals surface area (Å²) in [6.45, 7) is 0. The van der Waals surface area contributed by atoms with E-state index in [4.69, 9.17) is 11.6 Å². The first kappa shape index (κ1) is 13.3. The molecule has 94 valence electrons. The second kappa shape index (κ2) is 6.72. The second-order valence-corrected chi connectivity index (χ2v) is 6.17. The van der Waals surface area contributed by atoms with Gasteiger partial charge in [0, 0.05) is 27.3 Å². The molecule has 2 aromatic carbocycles. The molecule has 0 saturated heterocycles. The van der Waals surface area contributed by atoms with E-state index in [9.17, 15) is 4.21 Å². The van der Waals surface area contributed by atoms with Crippen LogP contribution in [-0.4, -0.2) is 9.96 Å². The summed E-state index contributed by atoms with van der Waals surface area (Å²) in [7, 11) is -0.838. The average Bonchev–Trinajstić information content (AvgIpc) is 2.38. The smallest absolute Gasteiger partial charge is 0.0486 e. The van der Waals surface area contributed by atoms with Crippen molar-refractivity contribution >= 4 is 22.4 Å². The van der Waals surface area contributed by atoms with Crippen molar-refractivity contribution in [1.82, 2.24) is 0 Å². The zero-order chi connectivity index (χ0) is 12.8. The summed E-state index contributed by atoms with van der Waals surface area (Å²) < 4.78 is 12.0. The molecule has 0 bridgehead atoms. The average molecular weight is 279 g/mol. The van der Waals surface area contributed by atoms with Crippen molar-refractivity contribution in [3.8, 4) is 0 Å². The van der Waals surface area contributed by atoms with Crippen LogP contribution in [0.15, 0.2) is 54.6 Å². The molecule has 0 aromatic heterocycles. The molecule has 1 unspecified atom stereocenters. The van der Waals surface area contributed by atoms with Gasteiger partial charge in [0.05, 0.1) is 0 Å². The van der Waals surface area contributed by atoms with E-state index in [0.29, 0.717) is 16.5 Å². The first-order valence-electron chi connectivity index (χ1n) is 5.87. The third-order valence-electron chi connectivity index (χ3n) is 2.68. The van der Waals surface area contributed by atoms with Crippen molar-refractivity contribution < 1.29 is 4.21 Å². The molecule has 0 radical (unpaired) electrons. The number of rotatable bonds is 5. The van der Waals surface area contributed by atoms with Crippen LogP contribution in [0, 0.1) is 0 Å². The first-order valence-corrected chi connectivity index (χ1v) is 7.74. The zero-order valence-corrected chi connectivity index (χ0v) is 11.6. The summed E-state index contributed by atoms with van der Waals surface area (Å²) in [4.78, 5) is 0. The van der Waals surface area contributed by atoms with Crippen LogP contribution in [0.25, 0.3) is 0 Å². The molecule has 2 rings (SSSR count). The van der Waals surface area contributed by atoms with E-state index in [0.717, 1.165) is 12.0 Å². The molecule has 0 aliphatic rings. The molecule has 1 nitrogen and oxygen atoms in total. The van der Waals surface area contributed by atoms with Gasteiger partial charge in [0.1, 0.15) is 0 Å². The second-order valence-electron chi connectivity index (χ2n) is 4.15. The van der Waals surface area contributed by atoms with Crippen molar-refractivity contribution in [2.75, 3.05) is 5.75 Å². The van der Waals surface area contributed by atoms with Gasteiger partial charge in [0.15, 0.2) is 0 Å². The van der Waals surface area contributed by atoms with Gasteiger partial charge in [-0.25, -0.2) is 0 Å². The Hall–Kier alpha value is -1.12. The third kappa shape index (κ3) is 4.28. The predicted octanol–water partition coefficient (Wildman–Crippen LogP) is 3.83. The fourth-order valence-corrected chi connectivity index (χ4v) is 3.13. The Morgan fingerprint density at radius 2 is 1.67 bits per heavy atom. The quantitative estimate of drug-likeness (QED) is 0.812. The number of hydrogen-bond acceptors (Lipinski definition) is 1. The topological polar surface area (TPSA) is 17.1 Å². The van der Waals surface area contributed by atoms with Gasteiger partial charge in [-0.15, -0.1) is 0 Å². The van der Waals surface area contributed by atoms with Gasteiger partial charge in [0.25, 0.3) is 0 Å². The van der Waals surface area contributed by atoms with Gasteiger partial charge in [-0.1, -0.05) is 54.1 Å². The van der Waals surface area contributed by atoms with Crippen molar-refractivity contribution in [3.63, 3.8) is 0 Å². The molecule has 0 fully saturated rings. The first-order chi connectivity index (χ1) is 8.74. The van der Waals surface area contributed by atoms with Gasteiger partial charge in [-0.2, -0.15) is 0 Å². The molecule has 0 N–H and O–H groups in total. The normalized spacial score (nSPS) is 12.3. The summed E-state index contributed by atoms with van der Waals surface area (Å²) in [5.41, 5.74) is 2.27. The maximum Gasteiger partial charge on any atom is 0.0486 e. The van der Waals surface area contributed by atoms with Gasteiger partial charge >= 0.3 is 0 Å². The molecular weight excluding hydrogens is 264 g/mol. The van der Waals surface area contributed by atoms with Crippen molar-refractivity contribution in [3.05, 3.63) is 70.7 Å². The van der Waals surface area contributed by atoms with E-state index in [1.165, 1.54) is 5.56 Å². The summed E-state index contributed by atoms with van der Waals surface area (Å²) >= 11 is 5.90. The minimum Gasteiger partial charge on any atom is -0.259 e. The Labute approximate surface area is 115 Å². The lowest BCUT2D eigenvalue weighted by atomic mass is 10.2. The number of benzene rings is 2. The highest BCUT2D eigenvalue weighted by atomic mass is 35.5. The van der Waals surface area contributed by atoms with E-state index in [2.05, 4.69) is 12.1 Å². The minimum atomic E-state index is -0.838. The van der Waals surface area contributed by atoms with E-state index in [1.54, 1.807) is 0 Å². The lowest BCUT2D eigenvalue weighted by molar-refractivity contribution is 0.682. The van der Waals surface area contributed by atoms with E-state index >= 15 is 0 Å². The van der Waals surface area contributed by atoms with Gasteiger partial charge in [-0.3, -0.25) is 4.21 Å². The summed E-state index contributed by atoms with van der Waals surface area (Å²) in [6, 6.07) is 17.7. The molecule has 0 amide bonds. The SMILES string of the molecule is O=S(CCc1ccccc1)Cc1cccc(Cl)c1. The molecule has 2 aromatic rings. The lowest BCUT2D eigenvalue weighted by Gasteiger charge is -2.03. The molecule has 3 heteroatoms. The van der Waals surface area contributed by atoms with E-state index < -0.39 is 10.8 Å². The molecule has 0 spiro atoms. The largest absolute Gasteiger partial charge is 0.259 e. The molecule has 0 aliphatic carbocycles. The highest BCUT2D eigenvalue weighted by Gasteiger charge is 2.03. The van der Waals surface area contributed by atoms with Crippen LogP contribution in [0.2, 0.25) is 5.02 Å². The monoisotopic (exact) mass is 278 g/mol. The maximum absolute atomic E-state index is 12.0. The minimum absolute atomic E-state index is 0.577. The summed E-state index contributed by atoms with van der Waals surface area (Å²) in [5.74, 6) is 1.27. The Balaban J connectivity index is 1.86. The Morgan fingerprint density at radius 3 is 2.39 bits per heavy atom. The summed E-state index contributed by atoms with van der Waals surface area (Å²) in [6.07, 6.45) is 0.855. The van der Waals surface area contributed by atoms with E-state index in [1.807, 2.05) is 42.5 Å². The van der Waals surface area contributed by atoms with Crippen LogP contribution in [0.4, 0.5) is 0 Å². The lowest BCUT2D eigenvalue weighted by Crippen LogP contribution is -2.03. The van der Waals surface area contributed by atoms with Gasteiger partial charge in [0.2, 0.25) is 0 Å². The standard InChI is InChI=1S/C15H15ClOS/c16-15-8-4-7-14(11-15)12-18(17)10-9-13-5-2-1-3-6-13/h1-8,11H,9-10,12H2. The highest BCUT2D eigenvalue weighted by molar-refractivity contribution is 7.84. The van der Waals surface area contributed by atoms with Crippen LogP contribution < -0.4 is 0 Å². The molecular formula is C15H15ClOS. The number of halogens is 1. The zero-order valence-electron chi connectivity index (χ0n) is 10.0. The van der Waals surface area contributed by atoms with Crippen LogP contribution in [0.1, 0.15) is 11.1 Å². The molecule has 0 aliphatic heterocycles. The maximum atomic E-state index is 12.0. The Morgan fingerprint density at radius 1 is 0.944 bits per heavy atom. The third-order valence-corrected chi connectivity index (χ3v) is 4.23. The van der Waals surface area contributed by atoms with Crippen molar-refractivity contribution in [1.29, 1.82) is 0 Å². The van der Waals surface area contributed by atoms with Crippen LogP contribution >= 0.6 is 11.6 Å². The summed E-state index contributed by atoms with van der Waals surface area (Å²) in [5, 5.41) is 0.701. The van der Waals surface area contributed by atoms with Crippen molar-refractivity contribution in [2.24, 2.45) is 0 Å². The van der Waals surface area contributed by atoms with Gasteiger partial charge in [-0.05, 0) is 29.7 Å². The Kier molecular flexibility index (Phi) is 4.97. The van der Waals surface area contributed by atoms with Gasteiger partial charge < -0.3 is 0 Å². The van der Waals surface area contributed by atoms with Crippen molar-refractivity contribution in [2.45, 2.75) is 12.2 Å². The van der Waals surface area contributed by atoms with Crippen LogP contribution in [-0.2, 0) is 23.0 Å². The highest BCUT2D eigenvalue weighted by Crippen LogP contribution is 2.12. The molecule has 0 heterocycles. The number of hydrogen-bond donors (Lipinski definition) is 0. The fraction of sp³-hybridized carbons (Fsp3) is 0.200. The fourth-order valence-electron chi connectivity index (χ4n) is 1.76. The molecule has 0 saturated carbocycles. The Bertz CT molecular complexity index is 525. The predicted molar refractivity (Wildman–Crippen MR) is 78.3 cm³/mol. The number of aryl methyl sites for hydroxylation is 1. The molecule has 18 heavy (non-hydrogen) atoms. The van der Waals surface area contributed by atoms with Crippen LogP contribution in [0.5, 0.6) is 0 Å². The van der Waals surface area contributed by atoms with Crippen LogP contribution in [0.3, 0.4) is 0 Å². The van der Waals surface area contributed by atoms with E-state index in [-0.39, 0.29) is 0 Å². The molecule has 1 atom stereocenters.